The van der Waals surface area contributed by atoms with Gasteiger partial charge in [-0.1, -0.05) is 35.9 Å². The number of hydrogen-bond donors (Lipinski definition) is 2. The molecule has 1 aromatic heterocycles. The third-order valence-corrected chi connectivity index (χ3v) is 4.39. The van der Waals surface area contributed by atoms with Gasteiger partial charge in [-0.2, -0.15) is 0 Å². The summed E-state index contributed by atoms with van der Waals surface area (Å²) in [6.07, 6.45) is 3.71. The number of nitrogens with zero attached hydrogens (tertiary/aromatic N) is 2. The molecule has 0 spiro atoms. The minimum atomic E-state index is -0.227. The zero-order chi connectivity index (χ0) is 21.5. The van der Waals surface area contributed by atoms with E-state index in [2.05, 4.69) is 20.6 Å². The summed E-state index contributed by atoms with van der Waals surface area (Å²) in [5.74, 6) is 0.162. The van der Waals surface area contributed by atoms with Crippen molar-refractivity contribution in [2.45, 2.75) is 20.3 Å². The number of nitrogens with one attached hydrogen (secondary N) is 2. The molecule has 0 saturated carbocycles. The number of allylic oxidation sites excluding steroid dienone is 1. The Morgan fingerprint density at radius 1 is 1.03 bits per heavy atom. The van der Waals surface area contributed by atoms with Crippen LogP contribution in [0.1, 0.15) is 29.8 Å². The normalized spacial score (nSPS) is 11.1. The monoisotopic (exact) mass is 400 g/mol. The fourth-order valence-corrected chi connectivity index (χ4v) is 2.99. The molecule has 0 radical (unpaired) electrons. The van der Waals surface area contributed by atoms with Gasteiger partial charge in [0.15, 0.2) is 0 Å². The van der Waals surface area contributed by atoms with Crippen LogP contribution < -0.4 is 10.6 Å². The van der Waals surface area contributed by atoms with Crippen LogP contribution in [0.5, 0.6) is 0 Å². The highest BCUT2D eigenvalue weighted by atomic mass is 16.2. The van der Waals surface area contributed by atoms with Crippen molar-refractivity contribution < 1.29 is 9.59 Å². The van der Waals surface area contributed by atoms with E-state index in [1.165, 1.54) is 0 Å². The van der Waals surface area contributed by atoms with Gasteiger partial charge in [0.1, 0.15) is 5.84 Å². The summed E-state index contributed by atoms with van der Waals surface area (Å²) in [6.45, 7) is 3.89. The van der Waals surface area contributed by atoms with Crippen molar-refractivity contribution in [1.82, 2.24) is 10.3 Å². The lowest BCUT2D eigenvalue weighted by molar-refractivity contribution is -0.119. The summed E-state index contributed by atoms with van der Waals surface area (Å²) in [5.41, 5.74) is 3.72. The van der Waals surface area contributed by atoms with Crippen LogP contribution in [0.2, 0.25) is 0 Å². The molecule has 0 aliphatic carbocycles. The maximum Gasteiger partial charge on any atom is 0.257 e. The Kier molecular flexibility index (Phi) is 6.70. The van der Waals surface area contributed by atoms with E-state index in [1.807, 2.05) is 56.3 Å². The standard InChI is InChI=1S/C24H24N4O2/c1-16(2)14-21(25-3)28-22(29)15-17-9-11-19(12-10-17)27-24(30)20-8-4-6-18-7-5-13-26-23(18)20/h4-14H,15H2,1-3H3,(H,27,30)(H,25,28,29). The quantitative estimate of drug-likeness (QED) is 0.499. The second-order valence-corrected chi connectivity index (χ2v) is 7.09. The van der Waals surface area contributed by atoms with Crippen molar-refractivity contribution in [2.24, 2.45) is 4.99 Å². The van der Waals surface area contributed by atoms with E-state index in [0.29, 0.717) is 22.6 Å². The van der Waals surface area contributed by atoms with Crippen LogP contribution in [0, 0.1) is 0 Å². The molecule has 1 heterocycles. The van der Waals surface area contributed by atoms with Crippen LogP contribution in [-0.2, 0) is 11.2 Å². The predicted octanol–water partition coefficient (Wildman–Crippen LogP) is 4.14. The molecule has 2 aromatic carbocycles. The Labute approximate surface area is 175 Å². The summed E-state index contributed by atoms with van der Waals surface area (Å²) in [4.78, 5) is 33.3. The molecule has 0 fully saturated rings. The fourth-order valence-electron chi connectivity index (χ4n) is 2.99. The van der Waals surface area contributed by atoms with E-state index < -0.39 is 0 Å². The Morgan fingerprint density at radius 2 is 1.77 bits per heavy atom. The van der Waals surface area contributed by atoms with Crippen molar-refractivity contribution in [1.29, 1.82) is 0 Å². The molecule has 0 aliphatic heterocycles. The molecule has 3 aromatic rings. The summed E-state index contributed by atoms with van der Waals surface area (Å²) >= 11 is 0. The number of anilines is 1. The minimum absolute atomic E-state index is 0.147. The number of hydrogen-bond acceptors (Lipinski definition) is 4. The van der Waals surface area contributed by atoms with E-state index in [0.717, 1.165) is 16.5 Å². The van der Waals surface area contributed by atoms with E-state index in [1.54, 1.807) is 31.4 Å². The number of rotatable bonds is 5. The van der Waals surface area contributed by atoms with Crippen molar-refractivity contribution in [3.8, 4) is 0 Å². The van der Waals surface area contributed by atoms with Crippen LogP contribution >= 0.6 is 0 Å². The lowest BCUT2D eigenvalue weighted by atomic mass is 10.1. The zero-order valence-electron chi connectivity index (χ0n) is 17.3. The van der Waals surface area contributed by atoms with Gasteiger partial charge in [0.05, 0.1) is 17.5 Å². The van der Waals surface area contributed by atoms with Gasteiger partial charge in [0.2, 0.25) is 5.91 Å². The van der Waals surface area contributed by atoms with Gasteiger partial charge in [-0.25, -0.2) is 0 Å². The molecule has 0 atom stereocenters. The second kappa shape index (κ2) is 9.60. The maximum atomic E-state index is 12.7. The predicted molar refractivity (Wildman–Crippen MR) is 121 cm³/mol. The van der Waals surface area contributed by atoms with Crippen LogP contribution in [0.3, 0.4) is 0 Å². The maximum absolute atomic E-state index is 12.7. The molecule has 2 N–H and O–H groups in total. The average molecular weight is 400 g/mol. The lowest BCUT2D eigenvalue weighted by Crippen LogP contribution is -2.30. The molecular weight excluding hydrogens is 376 g/mol. The molecule has 0 bridgehead atoms. The van der Waals surface area contributed by atoms with Crippen LogP contribution in [0.25, 0.3) is 10.9 Å². The summed E-state index contributed by atoms with van der Waals surface area (Å²) < 4.78 is 0. The molecule has 0 unspecified atom stereocenters. The number of aliphatic imine (C=N–C) groups is 1. The number of carbonyl (C=O) groups is 2. The largest absolute Gasteiger partial charge is 0.322 e. The third kappa shape index (κ3) is 5.38. The summed E-state index contributed by atoms with van der Waals surface area (Å²) in [6, 6.07) is 16.5. The number of benzene rings is 2. The topological polar surface area (TPSA) is 83.5 Å². The number of fused-ring (bicyclic) bond motifs is 1. The van der Waals surface area contributed by atoms with E-state index >= 15 is 0 Å². The number of amides is 2. The van der Waals surface area contributed by atoms with Gasteiger partial charge in [-0.15, -0.1) is 0 Å². The SMILES string of the molecule is CN=C(C=C(C)C)NC(=O)Cc1ccc(NC(=O)c2cccc3cccnc23)cc1. The van der Waals surface area contributed by atoms with Crippen LogP contribution in [-0.4, -0.2) is 29.7 Å². The molecule has 152 valence electrons. The van der Waals surface area contributed by atoms with Crippen molar-refractivity contribution in [3.05, 3.63) is 83.6 Å². The first kappa shape index (κ1) is 20.9. The number of amidine groups is 1. The second-order valence-electron chi connectivity index (χ2n) is 7.09. The first-order chi connectivity index (χ1) is 14.5. The Bertz CT molecular complexity index is 1120. The van der Waals surface area contributed by atoms with Crippen LogP contribution in [0.4, 0.5) is 5.69 Å². The van der Waals surface area contributed by atoms with Gasteiger partial charge >= 0.3 is 0 Å². The highest BCUT2D eigenvalue weighted by Crippen LogP contribution is 2.18. The Morgan fingerprint density at radius 3 is 2.47 bits per heavy atom. The van der Waals surface area contributed by atoms with E-state index in [9.17, 15) is 9.59 Å². The van der Waals surface area contributed by atoms with Crippen molar-refractivity contribution in [2.75, 3.05) is 12.4 Å². The molecule has 6 nitrogen and oxygen atoms in total. The van der Waals surface area contributed by atoms with E-state index in [4.69, 9.17) is 0 Å². The van der Waals surface area contributed by atoms with Gasteiger partial charge in [0.25, 0.3) is 5.91 Å². The molecule has 30 heavy (non-hydrogen) atoms. The van der Waals surface area contributed by atoms with Crippen molar-refractivity contribution >= 4 is 34.2 Å². The van der Waals surface area contributed by atoms with Gasteiger partial charge in [0, 0.05) is 24.3 Å². The Balaban J connectivity index is 1.65. The van der Waals surface area contributed by atoms with Crippen LogP contribution in [0.15, 0.2) is 77.4 Å². The molecule has 6 heteroatoms. The summed E-state index contributed by atoms with van der Waals surface area (Å²) in [5, 5.41) is 6.59. The van der Waals surface area contributed by atoms with E-state index in [-0.39, 0.29) is 18.2 Å². The highest BCUT2D eigenvalue weighted by molar-refractivity contribution is 6.11. The minimum Gasteiger partial charge on any atom is -0.322 e. The molecule has 3 rings (SSSR count). The molecule has 2 amide bonds. The first-order valence-electron chi connectivity index (χ1n) is 9.62. The van der Waals surface area contributed by atoms with Gasteiger partial charge < -0.3 is 10.6 Å². The number of pyridine rings is 1. The van der Waals surface area contributed by atoms with Gasteiger partial charge in [-0.3, -0.25) is 19.6 Å². The van der Waals surface area contributed by atoms with Crippen molar-refractivity contribution in [3.63, 3.8) is 0 Å². The molecular formula is C24H24N4O2. The Hall–Kier alpha value is -3.80. The number of carbonyl (C=O) groups excluding carboxylic acids is 2. The van der Waals surface area contributed by atoms with Gasteiger partial charge in [-0.05, 0) is 49.8 Å². The number of aromatic nitrogens is 1. The average Bonchev–Trinajstić information content (AvgIpc) is 2.73. The highest BCUT2D eigenvalue weighted by Gasteiger charge is 2.11. The third-order valence-electron chi connectivity index (χ3n) is 4.39. The summed E-state index contributed by atoms with van der Waals surface area (Å²) in [7, 11) is 1.64. The molecule has 0 aliphatic rings. The zero-order valence-corrected chi connectivity index (χ0v) is 17.3. The number of para-hydroxylation sites is 1. The molecule has 0 saturated heterocycles. The smallest absolute Gasteiger partial charge is 0.257 e. The first-order valence-corrected chi connectivity index (χ1v) is 9.62. The lowest BCUT2D eigenvalue weighted by Gasteiger charge is -2.09. The fraction of sp³-hybridized carbons (Fsp3) is 0.167.